The molecule has 3 aliphatic rings. The number of allylic oxidation sites excluding steroid dienone is 2. The molecule has 1 aromatic rings. The molecule has 1 aromatic carbocycles. The zero-order valence-corrected chi connectivity index (χ0v) is 13.9. The SMILES string of the molecule is CC1(C)CO[Si](c2ccccc2)(C2CC3C=CC2C3)OC1. The van der Waals surface area contributed by atoms with Gasteiger partial charge in [-0.2, -0.15) is 0 Å². The Morgan fingerprint density at radius 2 is 1.71 bits per heavy atom. The van der Waals surface area contributed by atoms with Gasteiger partial charge in [0.2, 0.25) is 0 Å². The van der Waals surface area contributed by atoms with E-state index in [9.17, 15) is 0 Å². The molecule has 2 bridgehead atoms. The van der Waals surface area contributed by atoms with Gasteiger partial charge in [0.1, 0.15) is 0 Å². The first-order valence-corrected chi connectivity index (χ1v) is 10.0. The van der Waals surface area contributed by atoms with Crippen LogP contribution in [-0.4, -0.2) is 21.8 Å². The summed E-state index contributed by atoms with van der Waals surface area (Å²) in [6.45, 7) is 6.12. The molecule has 3 heteroatoms. The van der Waals surface area contributed by atoms with Crippen molar-refractivity contribution in [2.24, 2.45) is 17.3 Å². The lowest BCUT2D eigenvalue weighted by molar-refractivity contribution is 0.0118. The van der Waals surface area contributed by atoms with Crippen LogP contribution in [0.25, 0.3) is 0 Å². The van der Waals surface area contributed by atoms with Gasteiger partial charge in [-0.25, -0.2) is 0 Å². The van der Waals surface area contributed by atoms with E-state index in [0.717, 1.165) is 19.1 Å². The Hall–Kier alpha value is -0.903. The first-order chi connectivity index (χ1) is 10.1. The van der Waals surface area contributed by atoms with Crippen molar-refractivity contribution in [3.05, 3.63) is 42.5 Å². The Balaban J connectivity index is 1.72. The van der Waals surface area contributed by atoms with Crippen LogP contribution in [0.2, 0.25) is 5.54 Å². The number of fused-ring (bicyclic) bond motifs is 2. The summed E-state index contributed by atoms with van der Waals surface area (Å²) in [4.78, 5) is 0. The summed E-state index contributed by atoms with van der Waals surface area (Å²) in [7, 11) is -2.32. The second kappa shape index (κ2) is 4.80. The molecule has 2 nitrogen and oxygen atoms in total. The van der Waals surface area contributed by atoms with Gasteiger partial charge in [0.05, 0.1) is 0 Å². The van der Waals surface area contributed by atoms with E-state index in [1.54, 1.807) is 0 Å². The molecule has 21 heavy (non-hydrogen) atoms. The minimum absolute atomic E-state index is 0.138. The molecule has 1 saturated carbocycles. The number of rotatable bonds is 2. The molecule has 0 N–H and O–H groups in total. The first-order valence-electron chi connectivity index (χ1n) is 8.11. The lowest BCUT2D eigenvalue weighted by Crippen LogP contribution is -2.63. The summed E-state index contributed by atoms with van der Waals surface area (Å²) in [6.07, 6.45) is 7.38. The van der Waals surface area contributed by atoms with Crippen molar-refractivity contribution in [1.29, 1.82) is 0 Å². The van der Waals surface area contributed by atoms with Crippen LogP contribution in [0.4, 0.5) is 0 Å². The van der Waals surface area contributed by atoms with Crippen LogP contribution in [0.5, 0.6) is 0 Å². The standard InChI is InChI=1S/C18H24O2Si/c1-18(2)12-19-21(20-13-18,16-6-4-3-5-7-16)17-11-14-8-9-15(17)10-14/h3-9,14-15,17H,10-13H2,1-2H3. The maximum atomic E-state index is 6.59. The molecule has 0 amide bonds. The molecule has 112 valence electrons. The highest BCUT2D eigenvalue weighted by Gasteiger charge is 2.57. The summed E-state index contributed by atoms with van der Waals surface area (Å²) in [5.74, 6) is 1.43. The van der Waals surface area contributed by atoms with Crippen molar-refractivity contribution in [3.8, 4) is 0 Å². The van der Waals surface area contributed by atoms with Gasteiger partial charge < -0.3 is 8.85 Å². The molecule has 2 aliphatic carbocycles. The maximum Gasteiger partial charge on any atom is 0.376 e. The molecule has 3 unspecified atom stereocenters. The predicted octanol–water partition coefficient (Wildman–Crippen LogP) is 3.38. The van der Waals surface area contributed by atoms with Crippen LogP contribution in [0, 0.1) is 17.3 Å². The van der Waals surface area contributed by atoms with Crippen LogP contribution >= 0.6 is 0 Å². The van der Waals surface area contributed by atoms with Gasteiger partial charge in [-0.05, 0) is 29.9 Å². The molecule has 1 saturated heterocycles. The average Bonchev–Trinajstić information content (AvgIpc) is 3.12. The zero-order chi connectivity index (χ0) is 14.5. The van der Waals surface area contributed by atoms with Crippen molar-refractivity contribution in [1.82, 2.24) is 0 Å². The molecule has 0 radical (unpaired) electrons. The largest absolute Gasteiger partial charge is 0.390 e. The zero-order valence-electron chi connectivity index (χ0n) is 12.9. The van der Waals surface area contributed by atoms with Crippen LogP contribution < -0.4 is 5.19 Å². The molecule has 0 aromatic heterocycles. The Kier molecular flexibility index (Phi) is 3.14. The van der Waals surface area contributed by atoms with Crippen molar-refractivity contribution >= 4 is 13.7 Å². The van der Waals surface area contributed by atoms with Gasteiger partial charge >= 0.3 is 8.56 Å². The Morgan fingerprint density at radius 1 is 1.00 bits per heavy atom. The fraction of sp³-hybridized carbons (Fsp3) is 0.556. The van der Waals surface area contributed by atoms with E-state index in [-0.39, 0.29) is 5.41 Å². The van der Waals surface area contributed by atoms with Gasteiger partial charge in [0.25, 0.3) is 0 Å². The van der Waals surface area contributed by atoms with Gasteiger partial charge in [-0.3, -0.25) is 0 Å². The minimum Gasteiger partial charge on any atom is -0.390 e. The highest BCUT2D eigenvalue weighted by atomic mass is 28.4. The fourth-order valence-corrected chi connectivity index (χ4v) is 8.74. The van der Waals surface area contributed by atoms with Crippen molar-refractivity contribution in [2.45, 2.75) is 32.2 Å². The molecule has 0 spiro atoms. The maximum absolute atomic E-state index is 6.59. The van der Waals surface area contributed by atoms with E-state index in [1.165, 1.54) is 18.0 Å². The molecule has 3 atom stereocenters. The van der Waals surface area contributed by atoms with Crippen molar-refractivity contribution in [3.63, 3.8) is 0 Å². The third kappa shape index (κ3) is 2.22. The Bertz CT molecular complexity index is 542. The van der Waals surface area contributed by atoms with Crippen LogP contribution in [0.15, 0.2) is 42.5 Å². The quantitative estimate of drug-likeness (QED) is 0.616. The second-order valence-electron chi connectivity index (χ2n) is 7.66. The highest BCUT2D eigenvalue weighted by molar-refractivity contribution is 6.82. The fourth-order valence-electron chi connectivity index (χ4n) is 4.17. The second-order valence-corrected chi connectivity index (χ2v) is 10.9. The normalized spacial score (nSPS) is 36.0. The topological polar surface area (TPSA) is 18.5 Å². The summed E-state index contributed by atoms with van der Waals surface area (Å²) >= 11 is 0. The molecular formula is C18H24O2Si. The summed E-state index contributed by atoms with van der Waals surface area (Å²) in [5, 5.41) is 1.33. The number of hydrogen-bond donors (Lipinski definition) is 0. The smallest absolute Gasteiger partial charge is 0.376 e. The molecule has 1 aliphatic heterocycles. The van der Waals surface area contributed by atoms with E-state index in [1.807, 2.05) is 0 Å². The van der Waals surface area contributed by atoms with Crippen LogP contribution in [0.3, 0.4) is 0 Å². The third-order valence-electron chi connectivity index (χ3n) is 5.30. The Morgan fingerprint density at radius 3 is 2.29 bits per heavy atom. The van der Waals surface area contributed by atoms with Gasteiger partial charge in [-0.1, -0.05) is 56.3 Å². The van der Waals surface area contributed by atoms with E-state index in [4.69, 9.17) is 8.85 Å². The van der Waals surface area contributed by atoms with Gasteiger partial charge in [0.15, 0.2) is 0 Å². The van der Waals surface area contributed by atoms with Crippen molar-refractivity contribution < 1.29 is 8.85 Å². The van der Waals surface area contributed by atoms with Crippen LogP contribution in [-0.2, 0) is 8.85 Å². The summed E-state index contributed by atoms with van der Waals surface area (Å²) in [6, 6.07) is 10.8. The Labute approximate surface area is 128 Å². The van der Waals surface area contributed by atoms with E-state index >= 15 is 0 Å². The number of hydrogen-bond acceptors (Lipinski definition) is 2. The average molecular weight is 300 g/mol. The van der Waals surface area contributed by atoms with E-state index < -0.39 is 8.56 Å². The van der Waals surface area contributed by atoms with Crippen LogP contribution in [0.1, 0.15) is 26.7 Å². The summed E-state index contributed by atoms with van der Waals surface area (Å²) in [5.41, 5.74) is 0.727. The minimum atomic E-state index is -2.32. The van der Waals surface area contributed by atoms with Gasteiger partial charge in [0, 0.05) is 24.2 Å². The lowest BCUT2D eigenvalue weighted by Gasteiger charge is -2.46. The molecular weight excluding hydrogens is 276 g/mol. The lowest BCUT2D eigenvalue weighted by atomic mass is 9.97. The van der Waals surface area contributed by atoms with E-state index in [0.29, 0.717) is 11.5 Å². The molecule has 2 fully saturated rings. The molecule has 4 rings (SSSR count). The predicted molar refractivity (Wildman–Crippen MR) is 86.6 cm³/mol. The molecule has 1 heterocycles. The first kappa shape index (κ1) is 13.7. The monoisotopic (exact) mass is 300 g/mol. The van der Waals surface area contributed by atoms with Gasteiger partial charge in [-0.15, -0.1) is 0 Å². The highest BCUT2D eigenvalue weighted by Crippen LogP contribution is 2.53. The number of benzene rings is 1. The van der Waals surface area contributed by atoms with Crippen molar-refractivity contribution in [2.75, 3.05) is 13.2 Å². The summed E-state index contributed by atoms with van der Waals surface area (Å²) < 4.78 is 13.2. The van der Waals surface area contributed by atoms with E-state index in [2.05, 4.69) is 56.3 Å². The third-order valence-corrected chi connectivity index (χ3v) is 9.22.